The van der Waals surface area contributed by atoms with Crippen molar-refractivity contribution in [3.8, 4) is 0 Å². The van der Waals surface area contributed by atoms with Crippen molar-refractivity contribution in [3.05, 3.63) is 0 Å². The molecule has 3 rings (SSSR count). The van der Waals surface area contributed by atoms with Crippen LogP contribution < -0.4 is 0 Å². The minimum absolute atomic E-state index is 0.0296. The van der Waals surface area contributed by atoms with Crippen molar-refractivity contribution in [1.82, 2.24) is 9.80 Å². The molecule has 0 spiro atoms. The van der Waals surface area contributed by atoms with Gasteiger partial charge in [0.15, 0.2) is 5.79 Å². The zero-order valence-electron chi connectivity index (χ0n) is 23.1. The van der Waals surface area contributed by atoms with E-state index in [4.69, 9.17) is 18.9 Å². The van der Waals surface area contributed by atoms with Gasteiger partial charge in [-0.3, -0.25) is 9.59 Å². The molecule has 0 aromatic carbocycles. The van der Waals surface area contributed by atoms with Crippen LogP contribution >= 0.6 is 0 Å². The third-order valence-electron chi connectivity index (χ3n) is 7.65. The molecule has 0 aliphatic carbocycles. The Morgan fingerprint density at radius 1 is 0.765 bits per heavy atom. The van der Waals surface area contributed by atoms with Crippen LogP contribution in [0.4, 0.5) is 0 Å². The lowest BCUT2D eigenvalue weighted by molar-refractivity contribution is -0.204. The quantitative estimate of drug-likeness (QED) is 0.607. The lowest BCUT2D eigenvalue weighted by Gasteiger charge is -2.44. The van der Waals surface area contributed by atoms with Gasteiger partial charge in [0, 0.05) is 6.42 Å². The molecule has 3 heterocycles. The van der Waals surface area contributed by atoms with Gasteiger partial charge < -0.3 is 28.7 Å². The summed E-state index contributed by atoms with van der Waals surface area (Å²) in [6.45, 7) is 23.7. The van der Waals surface area contributed by atoms with E-state index in [1.54, 1.807) is 6.92 Å². The fourth-order valence-electron chi connectivity index (χ4n) is 5.44. The van der Waals surface area contributed by atoms with Gasteiger partial charge in [-0.05, 0) is 45.4 Å². The summed E-state index contributed by atoms with van der Waals surface area (Å²) in [5.74, 6) is -2.31. The van der Waals surface area contributed by atoms with Crippen molar-refractivity contribution in [1.29, 1.82) is 0 Å². The Morgan fingerprint density at radius 2 is 1.18 bits per heavy atom. The average Bonchev–Trinajstić information content (AvgIpc) is 3.33. The van der Waals surface area contributed by atoms with E-state index in [0.29, 0.717) is 26.4 Å². The number of ether oxygens (including phenoxy) is 4. The van der Waals surface area contributed by atoms with Crippen LogP contribution in [0.15, 0.2) is 0 Å². The molecule has 3 saturated heterocycles. The fourth-order valence-corrected chi connectivity index (χ4v) is 5.44. The SMILES string of the molecule is CC(C)(C)[C@H]1COC(C)(C)N1C(=O)C[C@@H](C(=O)N1[C@@H](C(C)(C)C)COC1(C)C)C1(C)OCCO1. The highest BCUT2D eigenvalue weighted by Gasteiger charge is 2.56. The van der Waals surface area contributed by atoms with Gasteiger partial charge in [0.05, 0.1) is 38.5 Å². The Morgan fingerprint density at radius 3 is 1.62 bits per heavy atom. The van der Waals surface area contributed by atoms with E-state index in [1.807, 2.05) is 37.5 Å². The predicted octanol–water partition coefficient (Wildman–Crippen LogP) is 3.77. The Labute approximate surface area is 205 Å². The molecule has 0 aromatic rings. The van der Waals surface area contributed by atoms with Gasteiger partial charge in [0.1, 0.15) is 17.4 Å². The molecule has 3 atom stereocenters. The molecule has 34 heavy (non-hydrogen) atoms. The highest BCUT2D eigenvalue weighted by atomic mass is 16.7. The van der Waals surface area contributed by atoms with Gasteiger partial charge in [-0.15, -0.1) is 0 Å². The van der Waals surface area contributed by atoms with Crippen LogP contribution in [-0.2, 0) is 28.5 Å². The van der Waals surface area contributed by atoms with E-state index in [2.05, 4.69) is 41.5 Å². The molecule has 196 valence electrons. The highest BCUT2D eigenvalue weighted by Crippen LogP contribution is 2.43. The number of carbonyl (C=O) groups is 2. The van der Waals surface area contributed by atoms with Crippen molar-refractivity contribution in [2.24, 2.45) is 16.7 Å². The third-order valence-corrected chi connectivity index (χ3v) is 7.65. The normalized spacial score (nSPS) is 29.5. The molecular formula is C26H46N2O6. The molecule has 0 unspecified atom stereocenters. The molecule has 2 amide bonds. The number of amides is 2. The van der Waals surface area contributed by atoms with E-state index in [1.165, 1.54) is 0 Å². The van der Waals surface area contributed by atoms with Gasteiger partial charge in [-0.1, -0.05) is 41.5 Å². The molecule has 0 saturated carbocycles. The molecule has 0 radical (unpaired) electrons. The monoisotopic (exact) mass is 482 g/mol. The third kappa shape index (κ3) is 5.01. The van der Waals surface area contributed by atoms with E-state index < -0.39 is 23.2 Å². The van der Waals surface area contributed by atoms with E-state index >= 15 is 0 Å². The Bertz CT molecular complexity index is 788. The number of nitrogens with zero attached hydrogens (tertiary/aromatic N) is 2. The van der Waals surface area contributed by atoms with Crippen LogP contribution in [0.3, 0.4) is 0 Å². The Kier molecular flexibility index (Phi) is 7.01. The van der Waals surface area contributed by atoms with E-state index in [-0.39, 0.29) is 41.1 Å². The Balaban J connectivity index is 1.98. The van der Waals surface area contributed by atoms with Gasteiger partial charge >= 0.3 is 0 Å². The molecule has 8 heteroatoms. The summed E-state index contributed by atoms with van der Waals surface area (Å²) in [5.41, 5.74) is -1.92. The average molecular weight is 483 g/mol. The van der Waals surface area contributed by atoms with Gasteiger partial charge in [0.25, 0.3) is 0 Å². The first-order valence-electron chi connectivity index (χ1n) is 12.5. The molecule has 3 fully saturated rings. The predicted molar refractivity (Wildman–Crippen MR) is 129 cm³/mol. The summed E-state index contributed by atoms with van der Waals surface area (Å²) in [6.07, 6.45) is -0.0296. The maximum atomic E-state index is 14.3. The van der Waals surface area contributed by atoms with E-state index in [9.17, 15) is 9.59 Å². The van der Waals surface area contributed by atoms with Crippen LogP contribution in [0.25, 0.3) is 0 Å². The molecule has 0 bridgehead atoms. The number of hydrogen-bond donors (Lipinski definition) is 0. The summed E-state index contributed by atoms with van der Waals surface area (Å²) < 4.78 is 24.0. The van der Waals surface area contributed by atoms with Crippen molar-refractivity contribution in [2.75, 3.05) is 26.4 Å². The van der Waals surface area contributed by atoms with Crippen LogP contribution in [0, 0.1) is 16.7 Å². The van der Waals surface area contributed by atoms with Crippen molar-refractivity contribution in [3.63, 3.8) is 0 Å². The molecular weight excluding hydrogens is 436 g/mol. The summed E-state index contributed by atoms with van der Waals surface area (Å²) >= 11 is 0. The fraction of sp³-hybridized carbons (Fsp3) is 0.923. The summed E-state index contributed by atoms with van der Waals surface area (Å²) in [5, 5.41) is 0. The lowest BCUT2D eigenvalue weighted by atomic mass is 9.83. The molecule has 0 N–H and O–H groups in total. The van der Waals surface area contributed by atoms with Crippen LogP contribution in [0.1, 0.15) is 82.6 Å². The largest absolute Gasteiger partial charge is 0.354 e. The van der Waals surface area contributed by atoms with Gasteiger partial charge in [0.2, 0.25) is 11.8 Å². The van der Waals surface area contributed by atoms with Gasteiger partial charge in [-0.25, -0.2) is 0 Å². The second-order valence-corrected chi connectivity index (χ2v) is 13.2. The summed E-state index contributed by atoms with van der Waals surface area (Å²) in [7, 11) is 0. The molecule has 3 aliphatic heterocycles. The number of carbonyl (C=O) groups excluding carboxylic acids is 2. The number of hydrogen-bond acceptors (Lipinski definition) is 6. The van der Waals surface area contributed by atoms with Crippen LogP contribution in [-0.4, -0.2) is 77.4 Å². The van der Waals surface area contributed by atoms with Crippen molar-refractivity contribution < 1.29 is 28.5 Å². The minimum atomic E-state index is -1.18. The zero-order chi connectivity index (χ0) is 25.9. The summed E-state index contributed by atoms with van der Waals surface area (Å²) in [6, 6.07) is -0.232. The topological polar surface area (TPSA) is 77.5 Å². The Hall–Kier alpha value is -1.22. The molecule has 0 aromatic heterocycles. The zero-order valence-corrected chi connectivity index (χ0v) is 23.1. The van der Waals surface area contributed by atoms with E-state index in [0.717, 1.165) is 0 Å². The number of rotatable bonds is 4. The molecule has 3 aliphatic rings. The lowest BCUT2D eigenvalue weighted by Crippen LogP contribution is -2.59. The minimum Gasteiger partial charge on any atom is -0.354 e. The second kappa shape index (κ2) is 8.71. The second-order valence-electron chi connectivity index (χ2n) is 13.2. The van der Waals surface area contributed by atoms with Crippen LogP contribution in [0.5, 0.6) is 0 Å². The van der Waals surface area contributed by atoms with Crippen molar-refractivity contribution in [2.45, 2.75) is 112 Å². The first kappa shape index (κ1) is 27.4. The molecule has 8 nitrogen and oxygen atoms in total. The first-order valence-corrected chi connectivity index (χ1v) is 12.5. The highest BCUT2D eigenvalue weighted by molar-refractivity contribution is 5.88. The summed E-state index contributed by atoms with van der Waals surface area (Å²) in [4.78, 5) is 31.8. The van der Waals surface area contributed by atoms with Gasteiger partial charge in [-0.2, -0.15) is 0 Å². The van der Waals surface area contributed by atoms with Crippen molar-refractivity contribution >= 4 is 11.8 Å². The standard InChI is InChI=1S/C26H46N2O6/c1-22(2,3)18-15-33-24(7,8)27(18)20(29)14-17(26(11)31-12-13-32-26)21(30)28-19(23(4,5)6)16-34-25(28,9)10/h17-19H,12-16H2,1-11H3/t17-,18+,19+/m0/s1. The maximum Gasteiger partial charge on any atom is 0.234 e. The smallest absolute Gasteiger partial charge is 0.234 e. The maximum absolute atomic E-state index is 14.3. The van der Waals surface area contributed by atoms with Crippen LogP contribution in [0.2, 0.25) is 0 Å². The first-order chi connectivity index (χ1) is 15.3.